The van der Waals surface area contributed by atoms with Crippen LogP contribution in [0.15, 0.2) is 5.38 Å². The van der Waals surface area contributed by atoms with Crippen LogP contribution in [-0.4, -0.2) is 54.3 Å². The first-order chi connectivity index (χ1) is 10.2. The van der Waals surface area contributed by atoms with Crippen molar-refractivity contribution in [1.82, 2.24) is 9.80 Å². The van der Waals surface area contributed by atoms with Crippen molar-refractivity contribution in [3.63, 3.8) is 0 Å². The van der Waals surface area contributed by atoms with E-state index in [1.165, 1.54) is 0 Å². The third kappa shape index (κ3) is 3.88. The number of piperazine rings is 1. The van der Waals surface area contributed by atoms with Crippen LogP contribution in [0.5, 0.6) is 0 Å². The summed E-state index contributed by atoms with van der Waals surface area (Å²) in [4.78, 5) is 15.6. The summed E-state index contributed by atoms with van der Waals surface area (Å²) < 4.78 is 0. The van der Waals surface area contributed by atoms with Gasteiger partial charge in [0.15, 0.2) is 0 Å². The second-order valence-electron chi connectivity index (χ2n) is 4.89. The fourth-order valence-corrected chi connectivity index (χ4v) is 3.55. The first-order valence-electron chi connectivity index (χ1n) is 7.00. The van der Waals surface area contributed by atoms with Crippen molar-refractivity contribution in [3.8, 4) is 6.07 Å². The van der Waals surface area contributed by atoms with Crippen molar-refractivity contribution in [3.05, 3.63) is 16.5 Å². The molecule has 1 fully saturated rings. The van der Waals surface area contributed by atoms with Gasteiger partial charge in [0, 0.05) is 50.2 Å². The summed E-state index contributed by atoms with van der Waals surface area (Å²) in [5.41, 5.74) is 1.82. The molecule has 0 spiro atoms. The molecule has 0 aromatic carbocycles. The van der Waals surface area contributed by atoms with Gasteiger partial charge in [-0.25, -0.2) is 0 Å². The Morgan fingerprint density at radius 1 is 1.48 bits per heavy atom. The lowest BCUT2D eigenvalue weighted by Gasteiger charge is -2.34. The predicted octanol–water partition coefficient (Wildman–Crippen LogP) is 1.93. The number of amides is 1. The van der Waals surface area contributed by atoms with Crippen molar-refractivity contribution >= 4 is 33.8 Å². The van der Waals surface area contributed by atoms with Gasteiger partial charge in [-0.1, -0.05) is 0 Å². The van der Waals surface area contributed by atoms with Crippen LogP contribution in [0.2, 0.25) is 0 Å². The van der Waals surface area contributed by atoms with E-state index in [9.17, 15) is 10.1 Å². The minimum Gasteiger partial charge on any atom is -0.377 e. The second kappa shape index (κ2) is 7.64. The monoisotopic (exact) mass is 326 g/mol. The van der Waals surface area contributed by atoms with E-state index >= 15 is 0 Å². The highest BCUT2D eigenvalue weighted by Crippen LogP contribution is 2.29. The van der Waals surface area contributed by atoms with E-state index < -0.39 is 0 Å². The zero-order valence-electron chi connectivity index (χ0n) is 12.1. The molecule has 2 heterocycles. The van der Waals surface area contributed by atoms with E-state index in [0.29, 0.717) is 13.1 Å². The number of anilines is 1. The molecule has 1 aromatic heterocycles. The van der Waals surface area contributed by atoms with Gasteiger partial charge in [0.05, 0.1) is 10.6 Å². The molecule has 0 radical (unpaired) electrons. The van der Waals surface area contributed by atoms with Crippen LogP contribution in [0.25, 0.3) is 0 Å². The van der Waals surface area contributed by atoms with Gasteiger partial charge in [0.1, 0.15) is 11.9 Å². The van der Waals surface area contributed by atoms with Gasteiger partial charge < -0.3 is 10.2 Å². The summed E-state index contributed by atoms with van der Waals surface area (Å²) in [6.07, 6.45) is 0. The molecule has 21 heavy (non-hydrogen) atoms. The molecular formula is C14H19ClN4OS. The molecule has 1 aliphatic rings. The molecule has 0 saturated carbocycles. The van der Waals surface area contributed by atoms with Crippen LogP contribution >= 0.6 is 22.9 Å². The summed E-state index contributed by atoms with van der Waals surface area (Å²) in [6, 6.07) is 2.26. The van der Waals surface area contributed by atoms with E-state index in [0.717, 1.165) is 42.3 Å². The third-order valence-corrected chi connectivity index (χ3v) is 4.78. The topological polar surface area (TPSA) is 59.4 Å². The molecular weight excluding hydrogens is 308 g/mol. The number of halogens is 1. The van der Waals surface area contributed by atoms with Crippen LogP contribution in [0.4, 0.5) is 5.00 Å². The minimum atomic E-state index is -0.00194. The quantitative estimate of drug-likeness (QED) is 0.840. The Morgan fingerprint density at radius 2 is 2.19 bits per heavy atom. The van der Waals surface area contributed by atoms with Gasteiger partial charge in [-0.2, -0.15) is 5.26 Å². The average Bonchev–Trinajstić information content (AvgIpc) is 2.89. The molecule has 1 aliphatic heterocycles. The highest BCUT2D eigenvalue weighted by molar-refractivity contribution is 7.14. The normalized spacial score (nSPS) is 15.8. The molecule has 2 rings (SSSR count). The summed E-state index contributed by atoms with van der Waals surface area (Å²) in [6.45, 7) is 6.67. The minimum absolute atomic E-state index is 0.00194. The average molecular weight is 327 g/mol. The molecule has 1 saturated heterocycles. The molecule has 1 amide bonds. The molecule has 1 N–H and O–H groups in total. The number of thiophene rings is 1. The number of nitriles is 1. The standard InChI is InChI=1S/C14H19ClN4OS/c1-2-17-14-12(11(8-16)10-21-14)9-18-3-5-19(6-4-18)13(20)7-15/h10,17H,2-7,9H2,1H3. The molecule has 114 valence electrons. The van der Waals surface area contributed by atoms with E-state index in [4.69, 9.17) is 11.6 Å². The maximum absolute atomic E-state index is 11.6. The van der Waals surface area contributed by atoms with Crippen molar-refractivity contribution in [1.29, 1.82) is 5.26 Å². The molecule has 0 bridgehead atoms. The third-order valence-electron chi connectivity index (χ3n) is 3.57. The number of carbonyl (C=O) groups excluding carboxylic acids is 1. The number of hydrogen-bond donors (Lipinski definition) is 1. The predicted molar refractivity (Wildman–Crippen MR) is 85.8 cm³/mol. The first-order valence-corrected chi connectivity index (χ1v) is 8.41. The van der Waals surface area contributed by atoms with Gasteiger partial charge in [-0.05, 0) is 6.92 Å². The van der Waals surface area contributed by atoms with Crippen LogP contribution in [0.3, 0.4) is 0 Å². The van der Waals surface area contributed by atoms with Crippen molar-refractivity contribution in [2.45, 2.75) is 13.5 Å². The number of nitrogens with one attached hydrogen (secondary N) is 1. The van der Waals surface area contributed by atoms with Crippen LogP contribution in [0.1, 0.15) is 18.1 Å². The van der Waals surface area contributed by atoms with Gasteiger partial charge in [-0.15, -0.1) is 22.9 Å². The summed E-state index contributed by atoms with van der Waals surface area (Å²) in [7, 11) is 0. The number of alkyl halides is 1. The Bertz CT molecular complexity index is 532. The van der Waals surface area contributed by atoms with Crippen molar-refractivity contribution in [2.75, 3.05) is 43.9 Å². The van der Waals surface area contributed by atoms with Gasteiger partial charge >= 0.3 is 0 Å². The first kappa shape index (κ1) is 16.1. The molecule has 1 aromatic rings. The Kier molecular flexibility index (Phi) is 5.85. The lowest BCUT2D eigenvalue weighted by Crippen LogP contribution is -2.48. The summed E-state index contributed by atoms with van der Waals surface area (Å²) >= 11 is 7.16. The maximum atomic E-state index is 11.6. The molecule has 0 atom stereocenters. The summed E-state index contributed by atoms with van der Waals surface area (Å²) in [5.74, 6) is 0.0473. The smallest absolute Gasteiger partial charge is 0.237 e. The van der Waals surface area contributed by atoms with E-state index in [1.807, 2.05) is 12.3 Å². The van der Waals surface area contributed by atoms with Crippen molar-refractivity contribution < 1.29 is 4.79 Å². The zero-order chi connectivity index (χ0) is 15.2. The Balaban J connectivity index is 1.99. The van der Waals surface area contributed by atoms with E-state index in [1.54, 1.807) is 16.2 Å². The maximum Gasteiger partial charge on any atom is 0.237 e. The number of nitrogens with zero attached hydrogens (tertiary/aromatic N) is 3. The number of hydrogen-bond acceptors (Lipinski definition) is 5. The fourth-order valence-electron chi connectivity index (χ4n) is 2.41. The molecule has 0 aliphatic carbocycles. The lowest BCUT2D eigenvalue weighted by atomic mass is 10.1. The Labute approximate surface area is 134 Å². The van der Waals surface area contributed by atoms with Crippen LogP contribution in [0, 0.1) is 11.3 Å². The SMILES string of the molecule is CCNc1scc(C#N)c1CN1CCN(C(=O)CCl)CC1. The second-order valence-corrected chi connectivity index (χ2v) is 6.04. The summed E-state index contributed by atoms with van der Waals surface area (Å²) in [5, 5.41) is 15.5. The Hall–Kier alpha value is -1.29. The van der Waals surface area contributed by atoms with Crippen LogP contribution in [-0.2, 0) is 11.3 Å². The molecule has 5 nitrogen and oxygen atoms in total. The molecule has 0 unspecified atom stereocenters. The fraction of sp³-hybridized carbons (Fsp3) is 0.571. The Morgan fingerprint density at radius 3 is 2.76 bits per heavy atom. The number of rotatable bonds is 5. The molecule has 7 heteroatoms. The lowest BCUT2D eigenvalue weighted by molar-refractivity contribution is -0.130. The highest BCUT2D eigenvalue weighted by Gasteiger charge is 2.22. The van der Waals surface area contributed by atoms with Gasteiger partial charge in [0.25, 0.3) is 0 Å². The van der Waals surface area contributed by atoms with Gasteiger partial charge in [-0.3, -0.25) is 9.69 Å². The van der Waals surface area contributed by atoms with Crippen LogP contribution < -0.4 is 5.32 Å². The van der Waals surface area contributed by atoms with Gasteiger partial charge in [0.2, 0.25) is 5.91 Å². The van der Waals surface area contributed by atoms with Crippen molar-refractivity contribution in [2.24, 2.45) is 0 Å². The number of carbonyl (C=O) groups is 1. The van der Waals surface area contributed by atoms with E-state index in [-0.39, 0.29) is 11.8 Å². The largest absolute Gasteiger partial charge is 0.377 e. The van der Waals surface area contributed by atoms with E-state index in [2.05, 4.69) is 16.3 Å². The zero-order valence-corrected chi connectivity index (χ0v) is 13.6. The highest BCUT2D eigenvalue weighted by atomic mass is 35.5.